The first kappa shape index (κ1) is 25.1. The van der Waals surface area contributed by atoms with E-state index < -0.39 is 11.7 Å². The van der Waals surface area contributed by atoms with Gasteiger partial charge in [0.25, 0.3) is 0 Å². The summed E-state index contributed by atoms with van der Waals surface area (Å²) in [6.45, 7) is 3.25. The summed E-state index contributed by atoms with van der Waals surface area (Å²) in [5, 5.41) is 8.50. The number of benzene rings is 1. The van der Waals surface area contributed by atoms with E-state index in [0.29, 0.717) is 25.2 Å². The first-order valence-electron chi connectivity index (χ1n) is 7.28. The van der Waals surface area contributed by atoms with E-state index in [0.717, 1.165) is 18.6 Å². The van der Waals surface area contributed by atoms with Crippen molar-refractivity contribution < 1.29 is 18.0 Å². The van der Waals surface area contributed by atoms with E-state index in [1.807, 2.05) is 6.92 Å². The highest BCUT2D eigenvalue weighted by atomic mass is 35.5. The number of carbonyl (C=O) groups excluding carboxylic acids is 1. The molecule has 0 heterocycles. The molecule has 24 heavy (non-hydrogen) atoms. The van der Waals surface area contributed by atoms with E-state index in [9.17, 15) is 18.0 Å². The van der Waals surface area contributed by atoms with Crippen molar-refractivity contribution in [2.75, 3.05) is 30.8 Å². The predicted octanol–water partition coefficient (Wildman–Crippen LogP) is 4.31. The molecule has 1 rings (SSSR count). The molecule has 0 aliphatic carbocycles. The molecule has 0 aliphatic rings. The van der Waals surface area contributed by atoms with Crippen LogP contribution in [0.1, 0.15) is 31.7 Å². The van der Waals surface area contributed by atoms with Gasteiger partial charge in [0.1, 0.15) is 0 Å². The number of anilines is 2. The Morgan fingerprint density at radius 1 is 1.12 bits per heavy atom. The average Bonchev–Trinajstić information content (AvgIpc) is 2.45. The Hall–Kier alpha value is -1.18. The Morgan fingerprint density at radius 2 is 1.79 bits per heavy atom. The van der Waals surface area contributed by atoms with Crippen LogP contribution in [-0.4, -0.2) is 26.0 Å². The SMILES string of the molecule is CCCNc1ccc(C(F)(F)F)cc1NC(=O)CCCNC.Cl.Cl. The summed E-state index contributed by atoms with van der Waals surface area (Å²) < 4.78 is 38.4. The molecule has 140 valence electrons. The molecule has 0 bridgehead atoms. The summed E-state index contributed by atoms with van der Waals surface area (Å²) in [4.78, 5) is 11.8. The van der Waals surface area contributed by atoms with Crippen molar-refractivity contribution in [2.45, 2.75) is 32.4 Å². The molecule has 0 saturated carbocycles. The lowest BCUT2D eigenvalue weighted by molar-refractivity contribution is -0.137. The van der Waals surface area contributed by atoms with Gasteiger partial charge in [-0.05, 0) is 44.6 Å². The first-order valence-corrected chi connectivity index (χ1v) is 7.28. The Morgan fingerprint density at radius 3 is 2.33 bits per heavy atom. The summed E-state index contributed by atoms with van der Waals surface area (Å²) >= 11 is 0. The van der Waals surface area contributed by atoms with Gasteiger partial charge in [0.05, 0.1) is 16.9 Å². The lowest BCUT2D eigenvalue weighted by Crippen LogP contribution is -2.17. The van der Waals surface area contributed by atoms with Gasteiger partial charge in [0, 0.05) is 13.0 Å². The Bertz CT molecular complexity index is 499. The lowest BCUT2D eigenvalue weighted by atomic mass is 10.1. The number of hydrogen-bond donors (Lipinski definition) is 3. The zero-order chi connectivity index (χ0) is 16.6. The van der Waals surface area contributed by atoms with Crippen molar-refractivity contribution >= 4 is 42.1 Å². The molecule has 0 saturated heterocycles. The van der Waals surface area contributed by atoms with Crippen LogP contribution in [0.5, 0.6) is 0 Å². The van der Waals surface area contributed by atoms with Gasteiger partial charge in [0.15, 0.2) is 0 Å². The van der Waals surface area contributed by atoms with Crippen LogP contribution in [0.4, 0.5) is 24.5 Å². The topological polar surface area (TPSA) is 53.2 Å². The van der Waals surface area contributed by atoms with Crippen molar-refractivity contribution in [3.05, 3.63) is 23.8 Å². The van der Waals surface area contributed by atoms with Gasteiger partial charge >= 0.3 is 6.18 Å². The second-order valence-corrected chi connectivity index (χ2v) is 4.94. The molecule has 0 radical (unpaired) electrons. The predicted molar refractivity (Wildman–Crippen MR) is 96.5 cm³/mol. The van der Waals surface area contributed by atoms with Crippen LogP contribution >= 0.6 is 24.8 Å². The van der Waals surface area contributed by atoms with Gasteiger partial charge in [-0.2, -0.15) is 13.2 Å². The third-order valence-electron chi connectivity index (χ3n) is 3.02. The molecule has 0 fully saturated rings. The number of amides is 1. The van der Waals surface area contributed by atoms with Gasteiger partial charge in [-0.3, -0.25) is 4.79 Å². The Kier molecular flexibility index (Phi) is 12.8. The first-order chi connectivity index (χ1) is 10.4. The number of halogens is 5. The molecule has 0 aromatic heterocycles. The molecule has 9 heteroatoms. The summed E-state index contributed by atoms with van der Waals surface area (Å²) in [7, 11) is 1.78. The van der Waals surface area contributed by atoms with Crippen LogP contribution in [0, 0.1) is 0 Å². The Labute approximate surface area is 152 Å². The maximum atomic E-state index is 12.8. The van der Waals surface area contributed by atoms with Gasteiger partial charge in [-0.25, -0.2) is 0 Å². The summed E-state index contributed by atoms with van der Waals surface area (Å²) in [5.41, 5.74) is -0.116. The van der Waals surface area contributed by atoms with E-state index in [-0.39, 0.29) is 42.8 Å². The molecule has 0 spiro atoms. The highest BCUT2D eigenvalue weighted by Crippen LogP contribution is 2.34. The largest absolute Gasteiger partial charge is 0.416 e. The van der Waals surface area contributed by atoms with Crippen molar-refractivity contribution in [2.24, 2.45) is 0 Å². The molecular formula is C15H24Cl2F3N3O. The fraction of sp³-hybridized carbons (Fsp3) is 0.533. The van der Waals surface area contributed by atoms with Crippen molar-refractivity contribution in [1.29, 1.82) is 0 Å². The van der Waals surface area contributed by atoms with Crippen LogP contribution in [0.15, 0.2) is 18.2 Å². The third kappa shape index (κ3) is 8.61. The van der Waals surface area contributed by atoms with E-state index in [1.54, 1.807) is 7.05 Å². The summed E-state index contributed by atoms with van der Waals surface area (Å²) in [6.07, 6.45) is -2.73. The summed E-state index contributed by atoms with van der Waals surface area (Å²) in [6, 6.07) is 3.32. The van der Waals surface area contributed by atoms with Gasteiger partial charge in [0.2, 0.25) is 5.91 Å². The number of rotatable bonds is 8. The molecule has 0 atom stereocenters. The van der Waals surface area contributed by atoms with Crippen LogP contribution in [-0.2, 0) is 11.0 Å². The second kappa shape index (κ2) is 12.2. The highest BCUT2D eigenvalue weighted by molar-refractivity contribution is 5.94. The van der Waals surface area contributed by atoms with Gasteiger partial charge in [-0.1, -0.05) is 6.92 Å². The van der Waals surface area contributed by atoms with Crippen molar-refractivity contribution in [1.82, 2.24) is 5.32 Å². The fourth-order valence-electron chi connectivity index (χ4n) is 1.88. The molecular weight excluding hydrogens is 366 g/mol. The average molecular weight is 390 g/mol. The Balaban J connectivity index is 0. The third-order valence-corrected chi connectivity index (χ3v) is 3.02. The van der Waals surface area contributed by atoms with E-state index >= 15 is 0 Å². The van der Waals surface area contributed by atoms with Gasteiger partial charge < -0.3 is 16.0 Å². The van der Waals surface area contributed by atoms with E-state index in [2.05, 4.69) is 16.0 Å². The number of nitrogens with one attached hydrogen (secondary N) is 3. The summed E-state index contributed by atoms with van der Waals surface area (Å²) in [5.74, 6) is -0.297. The van der Waals surface area contributed by atoms with E-state index in [1.165, 1.54) is 6.07 Å². The number of hydrogen-bond acceptors (Lipinski definition) is 3. The molecule has 3 N–H and O–H groups in total. The van der Waals surface area contributed by atoms with Crippen LogP contribution in [0.2, 0.25) is 0 Å². The smallest absolute Gasteiger partial charge is 0.383 e. The minimum Gasteiger partial charge on any atom is -0.383 e. The van der Waals surface area contributed by atoms with Crippen molar-refractivity contribution in [3.63, 3.8) is 0 Å². The molecule has 1 amide bonds. The standard InChI is InChI=1S/C15H22F3N3O.2ClH/c1-3-8-20-12-7-6-11(15(16,17)18)10-13(12)21-14(22)5-4-9-19-2;;/h6-7,10,19-20H,3-5,8-9H2,1-2H3,(H,21,22);2*1H. The highest BCUT2D eigenvalue weighted by Gasteiger charge is 2.31. The number of alkyl halides is 3. The minimum absolute atomic E-state index is 0. The second-order valence-electron chi connectivity index (χ2n) is 4.94. The minimum atomic E-state index is -4.44. The normalized spacial score (nSPS) is 10.4. The molecule has 0 aliphatic heterocycles. The molecule has 0 unspecified atom stereocenters. The van der Waals surface area contributed by atoms with E-state index in [4.69, 9.17) is 0 Å². The zero-order valence-corrected chi connectivity index (χ0v) is 15.3. The molecule has 4 nitrogen and oxygen atoms in total. The zero-order valence-electron chi connectivity index (χ0n) is 13.6. The quantitative estimate of drug-likeness (QED) is 0.580. The van der Waals surface area contributed by atoms with Gasteiger partial charge in [-0.15, -0.1) is 24.8 Å². The van der Waals surface area contributed by atoms with Crippen molar-refractivity contribution in [3.8, 4) is 0 Å². The maximum Gasteiger partial charge on any atom is 0.416 e. The molecule has 1 aromatic rings. The van der Waals surface area contributed by atoms with Crippen LogP contribution < -0.4 is 16.0 Å². The maximum absolute atomic E-state index is 12.8. The monoisotopic (exact) mass is 389 g/mol. The lowest BCUT2D eigenvalue weighted by Gasteiger charge is -2.15. The van der Waals surface area contributed by atoms with Crippen LogP contribution in [0.25, 0.3) is 0 Å². The van der Waals surface area contributed by atoms with Crippen LogP contribution in [0.3, 0.4) is 0 Å². The number of carbonyl (C=O) groups is 1. The molecule has 1 aromatic carbocycles. The fourth-order valence-corrected chi connectivity index (χ4v) is 1.88.